The van der Waals surface area contributed by atoms with Crippen LogP contribution in [0.2, 0.25) is 0 Å². The summed E-state index contributed by atoms with van der Waals surface area (Å²) >= 11 is 0. The molecule has 232 valence electrons. The number of halogens is 9. The van der Waals surface area contributed by atoms with Gasteiger partial charge in [0.05, 0.1) is 16.4 Å². The number of nitrogens with zero attached hydrogens (tertiary/aromatic N) is 1. The van der Waals surface area contributed by atoms with E-state index in [-0.39, 0.29) is 12.1 Å². The molecule has 1 amide bonds. The number of hydrogen-bond donors (Lipinski definition) is 0. The van der Waals surface area contributed by atoms with E-state index in [0.717, 1.165) is 29.2 Å². The Morgan fingerprint density at radius 2 is 1.31 bits per heavy atom. The van der Waals surface area contributed by atoms with E-state index in [4.69, 9.17) is 0 Å². The van der Waals surface area contributed by atoms with Gasteiger partial charge in [0.25, 0.3) is 5.91 Å². The average molecular weight is 652 g/mol. The Morgan fingerprint density at radius 1 is 0.810 bits per heavy atom. The minimum Gasteiger partial charge on any atom is -0.338 e. The maximum atomic E-state index is 15.6. The molecule has 2 aromatic rings. The smallest absolute Gasteiger partial charge is 0.338 e. The summed E-state index contributed by atoms with van der Waals surface area (Å²) in [5, 5.41) is 0. The van der Waals surface area contributed by atoms with Crippen LogP contribution in [0.15, 0.2) is 53.4 Å². The van der Waals surface area contributed by atoms with Gasteiger partial charge in [0.15, 0.2) is 25.3 Å². The van der Waals surface area contributed by atoms with Gasteiger partial charge in [-0.3, -0.25) is 4.79 Å². The molecule has 2 aromatic carbocycles. The van der Waals surface area contributed by atoms with Crippen molar-refractivity contribution in [1.29, 1.82) is 0 Å². The molecule has 0 bridgehead atoms. The van der Waals surface area contributed by atoms with E-state index in [2.05, 4.69) is 0 Å². The minimum absolute atomic E-state index is 0.130. The first-order valence-electron chi connectivity index (χ1n) is 12.2. The molecule has 2 aliphatic heterocycles. The molecular formula is C25H22F9NO5S2. The zero-order valence-electron chi connectivity index (χ0n) is 21.3. The fourth-order valence-corrected chi connectivity index (χ4v) is 8.81. The second-order valence-electron chi connectivity index (χ2n) is 10.3. The number of amides is 1. The summed E-state index contributed by atoms with van der Waals surface area (Å²) in [6.45, 7) is -1.28. The standard InChI is InChI=1S/C25H22F9NO5S2/c26-18-5-7-19(8-6-18)42(39,40)22(9-12-35(15-22)20(36)21(27)10-13-41(37,38)14-11-21)16-1-3-17(4-2-16)23(28,24(29,30)31)25(32,33)34/h1-8H,9-15H2/t22-/m0/s1. The average Bonchev–Trinajstić information content (AvgIpc) is 3.36. The van der Waals surface area contributed by atoms with E-state index in [1.165, 1.54) is 0 Å². The molecule has 2 fully saturated rings. The van der Waals surface area contributed by atoms with Crippen molar-refractivity contribution >= 4 is 25.6 Å². The Bertz CT molecular complexity index is 1540. The summed E-state index contributed by atoms with van der Waals surface area (Å²) in [4.78, 5) is 13.4. The molecule has 0 unspecified atom stereocenters. The predicted molar refractivity (Wildman–Crippen MR) is 130 cm³/mol. The van der Waals surface area contributed by atoms with Gasteiger partial charge in [-0.2, -0.15) is 26.3 Å². The normalized spacial score (nSPS) is 23.1. The number of sulfone groups is 2. The number of carbonyl (C=O) groups is 1. The lowest BCUT2D eigenvalue weighted by Gasteiger charge is -2.34. The fraction of sp³-hybridized carbons (Fsp3) is 0.480. The van der Waals surface area contributed by atoms with Crippen LogP contribution in [-0.2, 0) is 34.9 Å². The summed E-state index contributed by atoms with van der Waals surface area (Å²) < 4.78 is 172. The van der Waals surface area contributed by atoms with Gasteiger partial charge in [0, 0.05) is 31.5 Å². The van der Waals surface area contributed by atoms with Crippen molar-refractivity contribution in [2.75, 3.05) is 24.6 Å². The first-order valence-corrected chi connectivity index (χ1v) is 15.5. The molecular weight excluding hydrogens is 629 g/mol. The van der Waals surface area contributed by atoms with Crippen LogP contribution in [0.1, 0.15) is 30.4 Å². The van der Waals surface area contributed by atoms with Gasteiger partial charge in [0.2, 0.25) is 0 Å². The van der Waals surface area contributed by atoms with Gasteiger partial charge >= 0.3 is 18.0 Å². The van der Waals surface area contributed by atoms with Crippen LogP contribution in [0.25, 0.3) is 0 Å². The minimum atomic E-state index is -6.43. The molecule has 6 nitrogen and oxygen atoms in total. The van der Waals surface area contributed by atoms with Crippen molar-refractivity contribution < 1.29 is 61.1 Å². The number of rotatable bonds is 5. The van der Waals surface area contributed by atoms with E-state index in [9.17, 15) is 56.8 Å². The van der Waals surface area contributed by atoms with Crippen LogP contribution in [0.4, 0.5) is 39.5 Å². The molecule has 0 N–H and O–H groups in total. The Labute approximate surface area is 234 Å². The number of likely N-dealkylation sites (tertiary alicyclic amines) is 1. The summed E-state index contributed by atoms with van der Waals surface area (Å²) in [7, 11) is -8.33. The summed E-state index contributed by atoms with van der Waals surface area (Å²) in [5.41, 5.74) is -10.8. The third kappa shape index (κ3) is 5.15. The predicted octanol–water partition coefficient (Wildman–Crippen LogP) is 4.93. The summed E-state index contributed by atoms with van der Waals surface area (Å²) in [5.74, 6) is -3.36. The first-order chi connectivity index (χ1) is 19.1. The van der Waals surface area contributed by atoms with E-state index in [1.807, 2.05) is 0 Å². The molecule has 0 saturated carbocycles. The number of carbonyl (C=O) groups excluding carboxylic acids is 1. The van der Waals surface area contributed by atoms with Crippen LogP contribution in [-0.4, -0.2) is 70.3 Å². The molecule has 0 radical (unpaired) electrons. The monoisotopic (exact) mass is 651 g/mol. The molecule has 2 aliphatic rings. The van der Waals surface area contributed by atoms with E-state index < -0.39 is 120 Å². The Hall–Kier alpha value is -2.82. The van der Waals surface area contributed by atoms with Crippen LogP contribution >= 0.6 is 0 Å². The maximum absolute atomic E-state index is 15.6. The molecule has 2 heterocycles. The van der Waals surface area contributed by atoms with Crippen molar-refractivity contribution in [3.63, 3.8) is 0 Å². The van der Waals surface area contributed by atoms with Gasteiger partial charge in [-0.15, -0.1) is 0 Å². The molecule has 2 saturated heterocycles. The Morgan fingerprint density at radius 3 is 1.79 bits per heavy atom. The Kier molecular flexibility index (Phi) is 7.74. The third-order valence-electron chi connectivity index (χ3n) is 7.75. The largest absolute Gasteiger partial charge is 0.435 e. The van der Waals surface area contributed by atoms with Crippen molar-refractivity contribution in [3.05, 3.63) is 65.5 Å². The number of alkyl halides is 8. The lowest BCUT2D eigenvalue weighted by molar-refractivity contribution is -0.348. The highest BCUT2D eigenvalue weighted by molar-refractivity contribution is 7.92. The van der Waals surface area contributed by atoms with Crippen molar-refractivity contribution in [1.82, 2.24) is 4.90 Å². The third-order valence-corrected chi connectivity index (χ3v) is 11.9. The van der Waals surface area contributed by atoms with Crippen LogP contribution in [0, 0.1) is 5.82 Å². The lowest BCUT2D eigenvalue weighted by atomic mass is 9.90. The fourth-order valence-electron chi connectivity index (χ4n) is 5.26. The maximum Gasteiger partial charge on any atom is 0.435 e. The van der Waals surface area contributed by atoms with Crippen LogP contribution in [0.5, 0.6) is 0 Å². The number of hydrogen-bond acceptors (Lipinski definition) is 5. The highest BCUT2D eigenvalue weighted by atomic mass is 32.2. The van der Waals surface area contributed by atoms with Crippen molar-refractivity contribution in [2.24, 2.45) is 0 Å². The van der Waals surface area contributed by atoms with Gasteiger partial charge in [-0.05, 0) is 36.2 Å². The highest BCUT2D eigenvalue weighted by Crippen LogP contribution is 2.54. The Balaban J connectivity index is 1.80. The van der Waals surface area contributed by atoms with E-state index in [1.54, 1.807) is 0 Å². The zero-order valence-corrected chi connectivity index (χ0v) is 22.9. The molecule has 17 heteroatoms. The molecule has 0 spiro atoms. The number of benzene rings is 2. The van der Waals surface area contributed by atoms with Crippen LogP contribution in [0.3, 0.4) is 0 Å². The molecule has 4 rings (SSSR count). The van der Waals surface area contributed by atoms with Gasteiger partial charge in [-0.25, -0.2) is 30.0 Å². The zero-order chi connectivity index (χ0) is 31.6. The van der Waals surface area contributed by atoms with Crippen LogP contribution < -0.4 is 0 Å². The topological polar surface area (TPSA) is 88.6 Å². The molecule has 0 aromatic heterocycles. The quantitative estimate of drug-likeness (QED) is 0.338. The molecule has 0 aliphatic carbocycles. The van der Waals surface area contributed by atoms with Crippen molar-refractivity contribution in [3.8, 4) is 0 Å². The summed E-state index contributed by atoms with van der Waals surface area (Å²) in [6, 6.07) is 4.64. The van der Waals surface area contributed by atoms with Gasteiger partial charge in [-0.1, -0.05) is 24.3 Å². The van der Waals surface area contributed by atoms with Crippen molar-refractivity contribution in [2.45, 2.75) is 52.6 Å². The first kappa shape index (κ1) is 32.1. The van der Waals surface area contributed by atoms with E-state index in [0.29, 0.717) is 12.1 Å². The SMILES string of the molecule is O=C(N1CC[C@](c2ccc(C(F)(C(F)(F)F)C(F)(F)F)cc2)(S(=O)(=O)c2ccc(F)cc2)C1)C1(F)CCS(=O)(=O)CC1. The van der Waals surface area contributed by atoms with E-state index >= 15 is 4.39 Å². The summed E-state index contributed by atoms with van der Waals surface area (Å²) in [6.07, 6.45) is -14.8. The highest BCUT2D eigenvalue weighted by Gasteiger charge is 2.73. The second-order valence-corrected chi connectivity index (χ2v) is 14.8. The lowest BCUT2D eigenvalue weighted by Crippen LogP contribution is -2.51. The second kappa shape index (κ2) is 10.1. The molecule has 1 atom stereocenters. The molecule has 42 heavy (non-hydrogen) atoms. The van der Waals surface area contributed by atoms with Gasteiger partial charge < -0.3 is 4.90 Å². The van der Waals surface area contributed by atoms with Gasteiger partial charge in [0.1, 0.15) is 10.6 Å².